The standard InChI is InChI=1S/C17H18FN3/c18-15-8-6-14(7-9-15)12-19-10-3-11-21-13-20-16-4-1-2-5-17(16)21/h1-2,4-9,13,19H,3,10-12H2. The van der Waals surface area contributed by atoms with Crippen molar-refractivity contribution in [3.8, 4) is 0 Å². The molecule has 0 aliphatic heterocycles. The van der Waals surface area contributed by atoms with E-state index in [-0.39, 0.29) is 5.82 Å². The van der Waals surface area contributed by atoms with Gasteiger partial charge in [0.25, 0.3) is 0 Å². The number of halogens is 1. The number of fused-ring (bicyclic) bond motifs is 1. The summed E-state index contributed by atoms with van der Waals surface area (Å²) in [5.74, 6) is -0.189. The van der Waals surface area contributed by atoms with Crippen LogP contribution in [0.3, 0.4) is 0 Å². The second kappa shape index (κ2) is 6.50. The Morgan fingerprint density at radius 3 is 2.71 bits per heavy atom. The van der Waals surface area contributed by atoms with Crippen molar-refractivity contribution in [2.75, 3.05) is 6.54 Å². The van der Waals surface area contributed by atoms with E-state index in [0.29, 0.717) is 0 Å². The molecule has 1 N–H and O–H groups in total. The van der Waals surface area contributed by atoms with E-state index in [1.54, 1.807) is 0 Å². The molecule has 21 heavy (non-hydrogen) atoms. The molecule has 0 saturated carbocycles. The highest BCUT2D eigenvalue weighted by atomic mass is 19.1. The van der Waals surface area contributed by atoms with Crippen molar-refractivity contribution in [3.05, 3.63) is 66.2 Å². The van der Waals surface area contributed by atoms with Gasteiger partial charge in [0.2, 0.25) is 0 Å². The molecule has 0 aliphatic rings. The van der Waals surface area contributed by atoms with Crippen LogP contribution in [-0.2, 0) is 13.1 Å². The van der Waals surface area contributed by atoms with Gasteiger partial charge in [0.15, 0.2) is 0 Å². The van der Waals surface area contributed by atoms with Gasteiger partial charge in [0.05, 0.1) is 17.4 Å². The maximum atomic E-state index is 12.8. The van der Waals surface area contributed by atoms with E-state index in [1.807, 2.05) is 36.7 Å². The average Bonchev–Trinajstić information content (AvgIpc) is 2.92. The molecule has 0 amide bonds. The van der Waals surface area contributed by atoms with E-state index < -0.39 is 0 Å². The summed E-state index contributed by atoms with van der Waals surface area (Å²) in [7, 11) is 0. The van der Waals surface area contributed by atoms with Gasteiger partial charge in [0.1, 0.15) is 5.82 Å². The lowest BCUT2D eigenvalue weighted by Crippen LogP contribution is -2.16. The lowest BCUT2D eigenvalue weighted by molar-refractivity contribution is 0.587. The number of hydrogen-bond acceptors (Lipinski definition) is 2. The summed E-state index contributed by atoms with van der Waals surface area (Å²) in [6.45, 7) is 2.63. The Balaban J connectivity index is 1.45. The van der Waals surface area contributed by atoms with Gasteiger partial charge in [-0.1, -0.05) is 24.3 Å². The SMILES string of the molecule is Fc1ccc(CNCCCn2cnc3ccccc32)cc1. The van der Waals surface area contributed by atoms with Gasteiger partial charge in [-0.05, 0) is 42.8 Å². The summed E-state index contributed by atoms with van der Waals surface area (Å²) in [6.07, 6.45) is 2.92. The molecule has 0 saturated heterocycles. The summed E-state index contributed by atoms with van der Waals surface area (Å²) in [6, 6.07) is 14.8. The fraction of sp³-hybridized carbons (Fsp3) is 0.235. The molecule has 108 valence electrons. The summed E-state index contributed by atoms with van der Waals surface area (Å²) < 4.78 is 15.0. The molecule has 1 aromatic heterocycles. The van der Waals surface area contributed by atoms with E-state index in [9.17, 15) is 4.39 Å². The number of aryl methyl sites for hydroxylation is 1. The van der Waals surface area contributed by atoms with Gasteiger partial charge < -0.3 is 9.88 Å². The first-order valence-electron chi connectivity index (χ1n) is 7.18. The Bertz CT molecular complexity index is 703. The van der Waals surface area contributed by atoms with Crippen molar-refractivity contribution in [1.29, 1.82) is 0 Å². The third-order valence-electron chi connectivity index (χ3n) is 3.52. The number of para-hydroxylation sites is 2. The molecule has 0 aliphatic carbocycles. The Hall–Kier alpha value is -2.20. The van der Waals surface area contributed by atoms with Gasteiger partial charge in [0, 0.05) is 13.1 Å². The molecule has 3 rings (SSSR count). The molecule has 0 unspecified atom stereocenters. The molecule has 2 aromatic carbocycles. The number of hydrogen-bond donors (Lipinski definition) is 1. The van der Waals surface area contributed by atoms with Crippen molar-refractivity contribution in [1.82, 2.24) is 14.9 Å². The molecule has 3 nitrogen and oxygen atoms in total. The normalized spacial score (nSPS) is 11.1. The molecule has 0 bridgehead atoms. The van der Waals surface area contributed by atoms with Crippen LogP contribution in [0.15, 0.2) is 54.9 Å². The van der Waals surface area contributed by atoms with Crippen molar-refractivity contribution in [2.45, 2.75) is 19.5 Å². The Morgan fingerprint density at radius 2 is 1.86 bits per heavy atom. The van der Waals surface area contributed by atoms with Crippen LogP contribution < -0.4 is 5.32 Å². The third-order valence-corrected chi connectivity index (χ3v) is 3.52. The lowest BCUT2D eigenvalue weighted by atomic mass is 10.2. The maximum absolute atomic E-state index is 12.8. The first kappa shape index (κ1) is 13.8. The van der Waals surface area contributed by atoms with Gasteiger partial charge in [-0.3, -0.25) is 0 Å². The second-order valence-electron chi connectivity index (χ2n) is 5.08. The van der Waals surface area contributed by atoms with E-state index in [0.717, 1.165) is 37.1 Å². The van der Waals surface area contributed by atoms with Gasteiger partial charge >= 0.3 is 0 Å². The minimum atomic E-state index is -0.189. The quantitative estimate of drug-likeness (QED) is 0.703. The highest BCUT2D eigenvalue weighted by Gasteiger charge is 2.00. The molecular weight excluding hydrogens is 265 g/mol. The van der Waals surface area contributed by atoms with Gasteiger partial charge in [-0.15, -0.1) is 0 Å². The number of nitrogens with one attached hydrogen (secondary N) is 1. The smallest absolute Gasteiger partial charge is 0.123 e. The Labute approximate surface area is 123 Å². The Kier molecular flexibility index (Phi) is 4.26. The monoisotopic (exact) mass is 283 g/mol. The number of aromatic nitrogens is 2. The van der Waals surface area contributed by atoms with Crippen LogP contribution in [0.5, 0.6) is 0 Å². The summed E-state index contributed by atoms with van der Waals surface area (Å²) in [5.41, 5.74) is 3.32. The van der Waals surface area contributed by atoms with E-state index in [1.165, 1.54) is 17.6 Å². The minimum absolute atomic E-state index is 0.189. The first-order chi connectivity index (χ1) is 10.3. The van der Waals surface area contributed by atoms with Crippen LogP contribution in [0.2, 0.25) is 0 Å². The predicted octanol–water partition coefficient (Wildman–Crippen LogP) is 3.36. The largest absolute Gasteiger partial charge is 0.331 e. The molecular formula is C17H18FN3. The van der Waals surface area contributed by atoms with Crippen LogP contribution in [-0.4, -0.2) is 16.1 Å². The van der Waals surface area contributed by atoms with Gasteiger partial charge in [-0.2, -0.15) is 0 Å². The number of benzene rings is 2. The predicted molar refractivity (Wildman–Crippen MR) is 82.5 cm³/mol. The maximum Gasteiger partial charge on any atom is 0.123 e. The number of imidazole rings is 1. The molecule has 4 heteroatoms. The summed E-state index contributed by atoms with van der Waals surface area (Å²) in [4.78, 5) is 4.38. The zero-order valence-electron chi connectivity index (χ0n) is 11.8. The zero-order valence-corrected chi connectivity index (χ0v) is 11.8. The van der Waals surface area contributed by atoms with Crippen molar-refractivity contribution in [3.63, 3.8) is 0 Å². The van der Waals surface area contributed by atoms with Crippen molar-refractivity contribution >= 4 is 11.0 Å². The molecule has 1 heterocycles. The average molecular weight is 283 g/mol. The molecule has 0 fully saturated rings. The van der Waals surface area contributed by atoms with Crippen LogP contribution in [0.1, 0.15) is 12.0 Å². The zero-order chi connectivity index (χ0) is 14.5. The lowest BCUT2D eigenvalue weighted by Gasteiger charge is -2.06. The van der Waals surface area contributed by atoms with E-state index in [2.05, 4.69) is 20.9 Å². The molecule has 3 aromatic rings. The Morgan fingerprint density at radius 1 is 1.05 bits per heavy atom. The topological polar surface area (TPSA) is 29.9 Å². The van der Waals surface area contributed by atoms with Crippen LogP contribution in [0, 0.1) is 5.82 Å². The second-order valence-corrected chi connectivity index (χ2v) is 5.08. The third kappa shape index (κ3) is 3.47. The fourth-order valence-electron chi connectivity index (χ4n) is 2.40. The fourth-order valence-corrected chi connectivity index (χ4v) is 2.40. The van der Waals surface area contributed by atoms with Crippen LogP contribution in [0.4, 0.5) is 4.39 Å². The van der Waals surface area contributed by atoms with Crippen molar-refractivity contribution < 1.29 is 4.39 Å². The molecule has 0 radical (unpaired) electrons. The number of nitrogens with zero attached hydrogens (tertiary/aromatic N) is 2. The van der Waals surface area contributed by atoms with Crippen LogP contribution >= 0.6 is 0 Å². The molecule has 0 atom stereocenters. The summed E-state index contributed by atoms with van der Waals surface area (Å²) >= 11 is 0. The summed E-state index contributed by atoms with van der Waals surface area (Å²) in [5, 5.41) is 3.38. The van der Waals surface area contributed by atoms with Crippen molar-refractivity contribution in [2.24, 2.45) is 0 Å². The molecule has 0 spiro atoms. The van der Waals surface area contributed by atoms with Crippen LogP contribution in [0.25, 0.3) is 11.0 Å². The van der Waals surface area contributed by atoms with Gasteiger partial charge in [-0.25, -0.2) is 9.37 Å². The minimum Gasteiger partial charge on any atom is -0.331 e. The number of rotatable bonds is 6. The highest BCUT2D eigenvalue weighted by molar-refractivity contribution is 5.74. The van der Waals surface area contributed by atoms with E-state index in [4.69, 9.17) is 0 Å². The van der Waals surface area contributed by atoms with E-state index >= 15 is 0 Å². The first-order valence-corrected chi connectivity index (χ1v) is 7.18. The highest BCUT2D eigenvalue weighted by Crippen LogP contribution is 2.11.